The van der Waals surface area contributed by atoms with Crippen molar-refractivity contribution in [2.24, 2.45) is 0 Å². The molecule has 1 saturated heterocycles. The molecule has 1 aliphatic heterocycles. The van der Waals surface area contributed by atoms with Crippen molar-refractivity contribution in [3.8, 4) is 10.4 Å². The van der Waals surface area contributed by atoms with Gasteiger partial charge in [0.15, 0.2) is 0 Å². The Bertz CT molecular complexity index is 649. The van der Waals surface area contributed by atoms with Crippen LogP contribution >= 0.6 is 22.7 Å². The van der Waals surface area contributed by atoms with Crippen LogP contribution in [0.25, 0.3) is 10.4 Å². The predicted molar refractivity (Wildman–Crippen MR) is 84.8 cm³/mol. The van der Waals surface area contributed by atoms with Gasteiger partial charge in [0.1, 0.15) is 0 Å². The summed E-state index contributed by atoms with van der Waals surface area (Å²) < 4.78 is 0. The van der Waals surface area contributed by atoms with Crippen LogP contribution in [-0.2, 0) is 12.8 Å². The number of carbonyl (C=O) groups excluding carboxylic acids is 1. The van der Waals surface area contributed by atoms with Crippen molar-refractivity contribution < 1.29 is 4.79 Å². The molecule has 0 aromatic carbocycles. The molecule has 1 aliphatic carbocycles. The highest BCUT2D eigenvalue weighted by Crippen LogP contribution is 2.42. The van der Waals surface area contributed by atoms with Crippen LogP contribution in [-0.4, -0.2) is 23.9 Å². The van der Waals surface area contributed by atoms with Crippen molar-refractivity contribution >= 4 is 28.6 Å². The maximum atomic E-state index is 12.6. The van der Waals surface area contributed by atoms with E-state index in [1.54, 1.807) is 11.3 Å². The summed E-state index contributed by atoms with van der Waals surface area (Å²) in [4.78, 5) is 18.4. The van der Waals surface area contributed by atoms with Crippen molar-refractivity contribution in [1.82, 2.24) is 4.90 Å². The third kappa shape index (κ3) is 2.02. The molecule has 0 spiro atoms. The second-order valence-electron chi connectivity index (χ2n) is 5.58. The van der Waals surface area contributed by atoms with Gasteiger partial charge >= 0.3 is 0 Å². The molecular weight excluding hydrogens is 286 g/mol. The van der Waals surface area contributed by atoms with Gasteiger partial charge in [0.05, 0.1) is 4.88 Å². The van der Waals surface area contributed by atoms with Crippen LogP contribution in [0, 0.1) is 0 Å². The topological polar surface area (TPSA) is 20.3 Å². The van der Waals surface area contributed by atoms with Gasteiger partial charge in [-0.3, -0.25) is 4.79 Å². The number of thiophene rings is 2. The van der Waals surface area contributed by atoms with Crippen LogP contribution in [0.4, 0.5) is 0 Å². The van der Waals surface area contributed by atoms with Gasteiger partial charge in [-0.1, -0.05) is 0 Å². The number of nitrogens with zero attached hydrogens (tertiary/aromatic N) is 1. The number of carbonyl (C=O) groups is 1. The highest BCUT2D eigenvalue weighted by molar-refractivity contribution is 7.18. The molecule has 0 N–H and O–H groups in total. The average Bonchev–Trinajstić information content (AvgIpc) is 3.12. The molecule has 3 heterocycles. The molecule has 2 aromatic rings. The average molecular weight is 303 g/mol. The molecule has 4 rings (SSSR count). The fourth-order valence-electron chi connectivity index (χ4n) is 3.19. The lowest BCUT2D eigenvalue weighted by atomic mass is 9.98. The van der Waals surface area contributed by atoms with Crippen LogP contribution < -0.4 is 0 Å². The van der Waals surface area contributed by atoms with E-state index in [1.165, 1.54) is 27.3 Å². The van der Waals surface area contributed by atoms with Crippen molar-refractivity contribution in [2.45, 2.75) is 32.1 Å². The van der Waals surface area contributed by atoms with Gasteiger partial charge in [-0.15, -0.1) is 22.7 Å². The highest BCUT2D eigenvalue weighted by Gasteiger charge is 2.25. The number of hydrogen-bond donors (Lipinski definition) is 0. The van der Waals surface area contributed by atoms with E-state index >= 15 is 0 Å². The molecule has 0 bridgehead atoms. The van der Waals surface area contributed by atoms with Crippen LogP contribution in [0.15, 0.2) is 17.5 Å². The molecule has 0 saturated carbocycles. The Morgan fingerprint density at radius 1 is 1.15 bits per heavy atom. The summed E-state index contributed by atoms with van der Waals surface area (Å²) >= 11 is 3.55. The van der Waals surface area contributed by atoms with Crippen LogP contribution in [0.3, 0.4) is 0 Å². The van der Waals surface area contributed by atoms with E-state index in [9.17, 15) is 4.79 Å². The van der Waals surface area contributed by atoms with E-state index in [1.807, 2.05) is 16.2 Å². The van der Waals surface area contributed by atoms with Crippen molar-refractivity contribution in [3.63, 3.8) is 0 Å². The quantitative estimate of drug-likeness (QED) is 0.773. The Balaban J connectivity index is 1.67. The Morgan fingerprint density at radius 2 is 2.00 bits per heavy atom. The van der Waals surface area contributed by atoms with E-state index in [4.69, 9.17) is 0 Å². The fourth-order valence-corrected chi connectivity index (χ4v) is 5.37. The maximum absolute atomic E-state index is 12.6. The van der Waals surface area contributed by atoms with Gasteiger partial charge in [0.2, 0.25) is 0 Å². The number of piperidine rings is 1. The molecule has 4 heteroatoms. The minimum atomic E-state index is 0.251. The molecule has 20 heavy (non-hydrogen) atoms. The lowest BCUT2D eigenvalue weighted by Gasteiger charge is -2.26. The third-order valence-electron chi connectivity index (χ3n) is 4.27. The zero-order chi connectivity index (χ0) is 13.5. The SMILES string of the molecule is O=C(c1cc2c(s1)-c1ccsc1CC2)N1CCCCC1. The Morgan fingerprint density at radius 3 is 2.85 bits per heavy atom. The number of hydrogen-bond acceptors (Lipinski definition) is 3. The van der Waals surface area contributed by atoms with E-state index in [0.717, 1.165) is 43.6 Å². The molecule has 0 radical (unpaired) electrons. The molecular formula is C16H17NOS2. The van der Waals surface area contributed by atoms with Crippen molar-refractivity contribution in [3.05, 3.63) is 32.8 Å². The molecule has 1 amide bonds. The predicted octanol–water partition coefficient (Wildman–Crippen LogP) is 4.20. The summed E-state index contributed by atoms with van der Waals surface area (Å²) in [7, 11) is 0. The van der Waals surface area contributed by atoms with E-state index in [-0.39, 0.29) is 5.91 Å². The van der Waals surface area contributed by atoms with Crippen LogP contribution in [0.5, 0.6) is 0 Å². The summed E-state index contributed by atoms with van der Waals surface area (Å²) in [5, 5.41) is 2.17. The number of likely N-dealkylation sites (tertiary alicyclic amines) is 1. The zero-order valence-corrected chi connectivity index (χ0v) is 13.0. The summed E-state index contributed by atoms with van der Waals surface area (Å²) in [5.41, 5.74) is 2.75. The first kappa shape index (κ1) is 12.6. The van der Waals surface area contributed by atoms with Gasteiger partial charge in [-0.05, 0) is 55.2 Å². The van der Waals surface area contributed by atoms with E-state index in [2.05, 4.69) is 17.5 Å². The Kier molecular flexibility index (Phi) is 3.15. The number of aryl methyl sites for hydroxylation is 2. The molecule has 2 nitrogen and oxygen atoms in total. The third-order valence-corrected chi connectivity index (χ3v) is 6.45. The van der Waals surface area contributed by atoms with Gasteiger partial charge in [-0.25, -0.2) is 0 Å². The minimum absolute atomic E-state index is 0.251. The lowest BCUT2D eigenvalue weighted by Crippen LogP contribution is -2.35. The first-order chi connectivity index (χ1) is 9.83. The summed E-state index contributed by atoms with van der Waals surface area (Å²) in [6.45, 7) is 1.87. The molecule has 2 aromatic heterocycles. The normalized spacial score (nSPS) is 17.7. The molecule has 104 valence electrons. The maximum Gasteiger partial charge on any atom is 0.263 e. The second kappa shape index (κ2) is 5.01. The van der Waals surface area contributed by atoms with E-state index in [0.29, 0.717) is 0 Å². The van der Waals surface area contributed by atoms with Crippen LogP contribution in [0.2, 0.25) is 0 Å². The first-order valence-electron chi connectivity index (χ1n) is 7.31. The van der Waals surface area contributed by atoms with Gasteiger partial charge < -0.3 is 4.90 Å². The smallest absolute Gasteiger partial charge is 0.263 e. The van der Waals surface area contributed by atoms with Gasteiger partial charge in [0.25, 0.3) is 5.91 Å². The molecule has 2 aliphatic rings. The molecule has 0 atom stereocenters. The summed E-state index contributed by atoms with van der Waals surface area (Å²) in [6.07, 6.45) is 5.81. The highest BCUT2D eigenvalue weighted by atomic mass is 32.1. The van der Waals surface area contributed by atoms with Gasteiger partial charge in [0, 0.05) is 28.4 Å². The number of rotatable bonds is 1. The first-order valence-corrected chi connectivity index (χ1v) is 9.01. The van der Waals surface area contributed by atoms with Crippen LogP contribution in [0.1, 0.15) is 39.4 Å². The molecule has 1 fully saturated rings. The van der Waals surface area contributed by atoms with Crippen molar-refractivity contribution in [2.75, 3.05) is 13.1 Å². The summed E-state index contributed by atoms with van der Waals surface area (Å²) in [6, 6.07) is 4.36. The fraction of sp³-hybridized carbons (Fsp3) is 0.438. The van der Waals surface area contributed by atoms with E-state index < -0.39 is 0 Å². The number of amides is 1. The Labute approximate surface area is 127 Å². The van der Waals surface area contributed by atoms with Gasteiger partial charge in [-0.2, -0.15) is 0 Å². The zero-order valence-electron chi connectivity index (χ0n) is 11.4. The minimum Gasteiger partial charge on any atom is -0.338 e. The lowest BCUT2D eigenvalue weighted by molar-refractivity contribution is 0.0729. The summed E-state index contributed by atoms with van der Waals surface area (Å²) in [5.74, 6) is 0.251. The Hall–Kier alpha value is -1.13. The standard InChI is InChI=1S/C16H17NOS2/c18-16(17-7-2-1-3-8-17)14-10-11-4-5-13-12(6-9-19-13)15(11)20-14/h6,9-10H,1-5,7-8H2. The largest absolute Gasteiger partial charge is 0.338 e. The molecule has 0 unspecified atom stereocenters. The number of fused-ring (bicyclic) bond motifs is 3. The monoisotopic (exact) mass is 303 g/mol. The second-order valence-corrected chi connectivity index (χ2v) is 7.63. The van der Waals surface area contributed by atoms with Crippen molar-refractivity contribution in [1.29, 1.82) is 0 Å².